The molecule has 0 spiro atoms. The summed E-state index contributed by atoms with van der Waals surface area (Å²) < 4.78 is 39.4. The molecule has 7 nitrogen and oxygen atoms in total. The predicted molar refractivity (Wildman–Crippen MR) is 77.3 cm³/mol. The molecule has 0 aliphatic carbocycles. The van der Waals surface area contributed by atoms with E-state index in [1.165, 1.54) is 13.4 Å². The Morgan fingerprint density at radius 1 is 1.52 bits per heavy atom. The van der Waals surface area contributed by atoms with Crippen LogP contribution in [-0.2, 0) is 16.6 Å². The third-order valence-corrected chi connectivity index (χ3v) is 4.77. The summed E-state index contributed by atoms with van der Waals surface area (Å²) in [6, 6.07) is 3.29. The van der Waals surface area contributed by atoms with E-state index in [9.17, 15) is 12.8 Å². The standard InChI is InChI=1S/C11H12FN5O2S2/c1-17(5-10-14-6-15-16-10)21(18,19)7-2-3-9(12)8(4-7)11(13)20/h2-4,6H,5H2,1H3,(H2,13,20)(H,14,15,16). The lowest BCUT2D eigenvalue weighted by atomic mass is 10.2. The van der Waals surface area contributed by atoms with Crippen LogP contribution in [0.5, 0.6) is 0 Å². The number of aromatic amines is 1. The summed E-state index contributed by atoms with van der Waals surface area (Å²) in [5.74, 6) is -0.280. The van der Waals surface area contributed by atoms with Crippen molar-refractivity contribution >= 4 is 27.2 Å². The molecule has 2 rings (SSSR count). The summed E-state index contributed by atoms with van der Waals surface area (Å²) in [5, 5.41) is 6.20. The van der Waals surface area contributed by atoms with Crippen LogP contribution < -0.4 is 5.73 Å². The number of hydrogen-bond donors (Lipinski definition) is 2. The molecule has 0 radical (unpaired) electrons. The van der Waals surface area contributed by atoms with E-state index in [-0.39, 0.29) is 22.0 Å². The molecule has 1 aromatic heterocycles. The molecule has 3 N–H and O–H groups in total. The van der Waals surface area contributed by atoms with Crippen LogP contribution in [-0.4, -0.2) is 39.9 Å². The quantitative estimate of drug-likeness (QED) is 0.769. The molecule has 112 valence electrons. The lowest BCUT2D eigenvalue weighted by Crippen LogP contribution is -2.27. The summed E-state index contributed by atoms with van der Waals surface area (Å²) in [5.41, 5.74) is 5.26. The van der Waals surface area contributed by atoms with Crippen molar-refractivity contribution in [1.29, 1.82) is 0 Å². The number of H-pyrrole nitrogens is 1. The van der Waals surface area contributed by atoms with Crippen molar-refractivity contribution in [2.75, 3.05) is 7.05 Å². The number of nitrogens with zero attached hydrogens (tertiary/aromatic N) is 3. The maximum Gasteiger partial charge on any atom is 0.243 e. The van der Waals surface area contributed by atoms with Crippen molar-refractivity contribution < 1.29 is 12.8 Å². The minimum absolute atomic E-state index is 0.00210. The second-order valence-corrected chi connectivity index (χ2v) is 6.68. The summed E-state index contributed by atoms with van der Waals surface area (Å²) >= 11 is 4.70. The minimum atomic E-state index is -3.82. The van der Waals surface area contributed by atoms with Crippen molar-refractivity contribution in [1.82, 2.24) is 19.5 Å². The highest BCUT2D eigenvalue weighted by Gasteiger charge is 2.23. The number of thiocarbonyl (C=S) groups is 1. The Morgan fingerprint density at radius 2 is 2.24 bits per heavy atom. The number of nitrogens with two attached hydrogens (primary N) is 1. The topological polar surface area (TPSA) is 105 Å². The van der Waals surface area contributed by atoms with Crippen LogP contribution in [0.4, 0.5) is 4.39 Å². The first-order valence-electron chi connectivity index (χ1n) is 5.72. The van der Waals surface area contributed by atoms with E-state index in [1.807, 2.05) is 0 Å². The Morgan fingerprint density at radius 3 is 2.81 bits per heavy atom. The van der Waals surface area contributed by atoms with E-state index < -0.39 is 15.8 Å². The van der Waals surface area contributed by atoms with Gasteiger partial charge in [-0.25, -0.2) is 17.8 Å². The highest BCUT2D eigenvalue weighted by Crippen LogP contribution is 2.19. The number of sulfonamides is 1. The molecule has 1 heterocycles. The van der Waals surface area contributed by atoms with Gasteiger partial charge in [-0.2, -0.15) is 9.40 Å². The van der Waals surface area contributed by atoms with Crippen molar-refractivity contribution in [2.45, 2.75) is 11.4 Å². The zero-order valence-electron chi connectivity index (χ0n) is 10.9. The van der Waals surface area contributed by atoms with Crippen LogP contribution in [0.25, 0.3) is 0 Å². The summed E-state index contributed by atoms with van der Waals surface area (Å²) in [4.78, 5) is 3.54. The van der Waals surface area contributed by atoms with Crippen LogP contribution in [0, 0.1) is 5.82 Å². The van der Waals surface area contributed by atoms with Crippen LogP contribution in [0.1, 0.15) is 11.4 Å². The van der Waals surface area contributed by atoms with Gasteiger partial charge in [-0.05, 0) is 18.2 Å². The average Bonchev–Trinajstić information content (AvgIpc) is 2.91. The van der Waals surface area contributed by atoms with E-state index in [2.05, 4.69) is 15.2 Å². The molecule has 0 atom stereocenters. The number of halogens is 1. The fraction of sp³-hybridized carbons (Fsp3) is 0.182. The highest BCUT2D eigenvalue weighted by atomic mass is 32.2. The Bertz CT molecular complexity index is 761. The molecule has 21 heavy (non-hydrogen) atoms. The van der Waals surface area contributed by atoms with Gasteiger partial charge in [0, 0.05) is 12.6 Å². The molecule has 0 saturated heterocycles. The maximum atomic E-state index is 13.5. The largest absolute Gasteiger partial charge is 0.389 e. The molecule has 0 unspecified atom stereocenters. The summed E-state index contributed by atoms with van der Waals surface area (Å²) in [6.45, 7) is 0.00210. The van der Waals surface area contributed by atoms with Crippen LogP contribution in [0.15, 0.2) is 29.4 Å². The number of aromatic nitrogens is 3. The summed E-state index contributed by atoms with van der Waals surface area (Å²) in [7, 11) is -2.45. The van der Waals surface area contributed by atoms with E-state index in [1.54, 1.807) is 0 Å². The second kappa shape index (κ2) is 5.84. The summed E-state index contributed by atoms with van der Waals surface area (Å²) in [6.07, 6.45) is 1.28. The molecule has 10 heteroatoms. The normalized spacial score (nSPS) is 11.8. The van der Waals surface area contributed by atoms with Crippen LogP contribution in [0.3, 0.4) is 0 Å². The third kappa shape index (κ3) is 3.23. The fourth-order valence-electron chi connectivity index (χ4n) is 1.64. The highest BCUT2D eigenvalue weighted by molar-refractivity contribution is 7.89. The van der Waals surface area contributed by atoms with E-state index >= 15 is 0 Å². The van der Waals surface area contributed by atoms with Gasteiger partial charge >= 0.3 is 0 Å². The van der Waals surface area contributed by atoms with Crippen molar-refractivity contribution in [2.24, 2.45) is 5.73 Å². The zero-order chi connectivity index (χ0) is 15.6. The number of benzene rings is 1. The van der Waals surface area contributed by atoms with Crippen LogP contribution >= 0.6 is 12.2 Å². The van der Waals surface area contributed by atoms with Gasteiger partial charge in [0.15, 0.2) is 0 Å². The third-order valence-electron chi connectivity index (χ3n) is 2.75. The van der Waals surface area contributed by atoms with Gasteiger partial charge in [0.2, 0.25) is 10.0 Å². The number of rotatable bonds is 5. The molecular weight excluding hydrogens is 317 g/mol. The predicted octanol–water partition coefficient (Wildman–Crippen LogP) is 0.399. The molecule has 0 saturated carbocycles. The van der Waals surface area contributed by atoms with E-state index in [0.717, 1.165) is 22.5 Å². The lowest BCUT2D eigenvalue weighted by Gasteiger charge is -2.16. The van der Waals surface area contributed by atoms with Gasteiger partial charge in [0.1, 0.15) is 23.0 Å². The maximum absolute atomic E-state index is 13.5. The van der Waals surface area contributed by atoms with Gasteiger partial charge in [-0.15, -0.1) is 0 Å². The van der Waals surface area contributed by atoms with Gasteiger partial charge in [0.25, 0.3) is 0 Å². The molecule has 0 fully saturated rings. The van der Waals surface area contributed by atoms with Crippen molar-refractivity contribution in [3.05, 3.63) is 41.7 Å². The number of nitrogens with one attached hydrogen (secondary N) is 1. The molecule has 0 aliphatic heterocycles. The molecule has 2 aromatic rings. The second-order valence-electron chi connectivity index (χ2n) is 4.20. The molecule has 0 amide bonds. The van der Waals surface area contributed by atoms with Gasteiger partial charge in [-0.3, -0.25) is 5.10 Å². The van der Waals surface area contributed by atoms with Crippen molar-refractivity contribution in [3.8, 4) is 0 Å². The Kier molecular flexibility index (Phi) is 4.30. The van der Waals surface area contributed by atoms with Gasteiger partial charge in [0.05, 0.1) is 11.4 Å². The van der Waals surface area contributed by atoms with Crippen molar-refractivity contribution in [3.63, 3.8) is 0 Å². The lowest BCUT2D eigenvalue weighted by molar-refractivity contribution is 0.457. The molecule has 1 aromatic carbocycles. The SMILES string of the molecule is CN(Cc1ncn[nH]1)S(=O)(=O)c1ccc(F)c(C(N)=S)c1. The monoisotopic (exact) mass is 329 g/mol. The molecule has 0 bridgehead atoms. The average molecular weight is 329 g/mol. The minimum Gasteiger partial charge on any atom is -0.389 e. The molecular formula is C11H12FN5O2S2. The first-order chi connectivity index (χ1) is 9.82. The first-order valence-corrected chi connectivity index (χ1v) is 7.57. The Labute approximate surface area is 126 Å². The Hall–Kier alpha value is -1.91. The zero-order valence-corrected chi connectivity index (χ0v) is 12.6. The first kappa shape index (κ1) is 15.5. The number of hydrogen-bond acceptors (Lipinski definition) is 5. The molecule has 0 aliphatic rings. The van der Waals surface area contributed by atoms with Gasteiger partial charge < -0.3 is 5.73 Å². The van der Waals surface area contributed by atoms with E-state index in [0.29, 0.717) is 5.82 Å². The van der Waals surface area contributed by atoms with Crippen LogP contribution in [0.2, 0.25) is 0 Å². The van der Waals surface area contributed by atoms with Gasteiger partial charge in [-0.1, -0.05) is 12.2 Å². The smallest absolute Gasteiger partial charge is 0.243 e. The Balaban J connectivity index is 2.35. The fourth-order valence-corrected chi connectivity index (χ4v) is 2.95. The van der Waals surface area contributed by atoms with E-state index in [4.69, 9.17) is 18.0 Å².